The number of hydrogen-bond acceptors (Lipinski definition) is 3. The fourth-order valence-electron chi connectivity index (χ4n) is 2.41. The Bertz CT molecular complexity index is 881. The normalized spacial score (nSPS) is 10.9. The second-order valence-electron chi connectivity index (χ2n) is 5.65. The van der Waals surface area contributed by atoms with Gasteiger partial charge in [0, 0.05) is 16.2 Å². The van der Waals surface area contributed by atoms with E-state index >= 15 is 0 Å². The van der Waals surface area contributed by atoms with Gasteiger partial charge in [0.05, 0.1) is 0 Å². The molecule has 0 saturated carbocycles. The van der Waals surface area contributed by atoms with E-state index in [1.165, 1.54) is 0 Å². The first-order valence-electron chi connectivity index (χ1n) is 7.27. The first-order valence-corrected chi connectivity index (χ1v) is 8.06. The van der Waals surface area contributed by atoms with Gasteiger partial charge in [-0.1, -0.05) is 6.58 Å². The van der Waals surface area contributed by atoms with E-state index in [4.69, 9.17) is 10.5 Å². The zero-order valence-electron chi connectivity index (χ0n) is 13.1. The average Bonchev–Trinajstić information content (AvgIpc) is 2.83. The number of fused-ring (bicyclic) bond motifs is 1. The van der Waals surface area contributed by atoms with Crippen molar-refractivity contribution in [3.8, 4) is 17.0 Å². The van der Waals surface area contributed by atoms with Gasteiger partial charge in [-0.15, -0.1) is 0 Å². The summed E-state index contributed by atoms with van der Waals surface area (Å²) in [5, 5.41) is 0. The third-order valence-electron chi connectivity index (χ3n) is 3.52. The second-order valence-corrected chi connectivity index (χ2v) is 6.57. The summed E-state index contributed by atoms with van der Waals surface area (Å²) in [5.74, 6) is 1.43. The van der Waals surface area contributed by atoms with E-state index in [-0.39, 0.29) is 0 Å². The number of nitrogens with two attached hydrogens (primary N) is 1. The minimum Gasteiger partial charge on any atom is -0.489 e. The molecule has 2 N–H and O–H groups in total. The van der Waals surface area contributed by atoms with Crippen LogP contribution in [0, 0.1) is 6.92 Å². The molecule has 0 aliphatic rings. The maximum atomic E-state index is 6.28. The standard InChI is InChI=1S/C18H18BrN3O/c1-11(2)10-23-15-6-4-13(5-7-15)16-17(20)22-9-14(19)8-12(3)18(22)21-16/h4-9H,1,10,20H2,2-3H3. The highest BCUT2D eigenvalue weighted by Gasteiger charge is 2.13. The summed E-state index contributed by atoms with van der Waals surface area (Å²) in [7, 11) is 0. The molecule has 0 atom stereocenters. The van der Waals surface area contributed by atoms with Crippen LogP contribution in [0.5, 0.6) is 5.75 Å². The largest absolute Gasteiger partial charge is 0.489 e. The molecule has 5 heteroatoms. The minimum absolute atomic E-state index is 0.517. The Labute approximate surface area is 143 Å². The number of benzene rings is 1. The number of rotatable bonds is 4. The van der Waals surface area contributed by atoms with Gasteiger partial charge >= 0.3 is 0 Å². The van der Waals surface area contributed by atoms with Crippen molar-refractivity contribution in [3.63, 3.8) is 0 Å². The molecular formula is C18H18BrN3O. The van der Waals surface area contributed by atoms with Gasteiger partial charge in [-0.25, -0.2) is 4.98 Å². The molecule has 3 rings (SSSR count). The van der Waals surface area contributed by atoms with Crippen LogP contribution >= 0.6 is 15.9 Å². The molecule has 23 heavy (non-hydrogen) atoms. The van der Waals surface area contributed by atoms with Crippen LogP contribution in [-0.2, 0) is 0 Å². The Morgan fingerprint density at radius 3 is 2.70 bits per heavy atom. The molecule has 0 unspecified atom stereocenters. The van der Waals surface area contributed by atoms with E-state index in [0.29, 0.717) is 12.4 Å². The van der Waals surface area contributed by atoms with Gasteiger partial charge < -0.3 is 10.5 Å². The number of anilines is 1. The van der Waals surface area contributed by atoms with E-state index in [9.17, 15) is 0 Å². The monoisotopic (exact) mass is 371 g/mol. The lowest BCUT2D eigenvalue weighted by Gasteiger charge is -2.06. The molecule has 0 bridgehead atoms. The lowest BCUT2D eigenvalue weighted by Crippen LogP contribution is -1.97. The highest BCUT2D eigenvalue weighted by molar-refractivity contribution is 9.10. The van der Waals surface area contributed by atoms with Crippen LogP contribution in [0.4, 0.5) is 5.82 Å². The van der Waals surface area contributed by atoms with Crippen molar-refractivity contribution in [2.24, 2.45) is 0 Å². The van der Waals surface area contributed by atoms with Gasteiger partial charge in [-0.05, 0) is 71.2 Å². The summed E-state index contributed by atoms with van der Waals surface area (Å²) in [6.07, 6.45) is 1.93. The number of hydrogen-bond donors (Lipinski definition) is 1. The average molecular weight is 372 g/mol. The number of nitrogen functional groups attached to an aromatic ring is 1. The van der Waals surface area contributed by atoms with Crippen molar-refractivity contribution < 1.29 is 4.74 Å². The Morgan fingerprint density at radius 2 is 2.04 bits per heavy atom. The molecule has 0 radical (unpaired) electrons. The topological polar surface area (TPSA) is 52.5 Å². The number of imidazole rings is 1. The Balaban J connectivity index is 1.98. The lowest BCUT2D eigenvalue weighted by atomic mass is 10.1. The number of pyridine rings is 1. The maximum absolute atomic E-state index is 6.28. The van der Waals surface area contributed by atoms with Gasteiger partial charge in [-0.3, -0.25) is 4.40 Å². The number of nitrogens with zero attached hydrogens (tertiary/aromatic N) is 2. The van der Waals surface area contributed by atoms with Gasteiger partial charge in [0.15, 0.2) is 0 Å². The highest BCUT2D eigenvalue weighted by atomic mass is 79.9. The third kappa shape index (κ3) is 3.10. The Morgan fingerprint density at radius 1 is 1.35 bits per heavy atom. The predicted molar refractivity (Wildman–Crippen MR) is 97.8 cm³/mol. The first-order chi connectivity index (χ1) is 11.0. The summed E-state index contributed by atoms with van der Waals surface area (Å²) in [4.78, 5) is 4.69. The van der Waals surface area contributed by atoms with E-state index in [1.54, 1.807) is 0 Å². The maximum Gasteiger partial charge on any atom is 0.142 e. The van der Waals surface area contributed by atoms with Crippen LogP contribution < -0.4 is 10.5 Å². The molecule has 0 amide bonds. The minimum atomic E-state index is 0.517. The van der Waals surface area contributed by atoms with Crippen molar-refractivity contribution in [3.05, 3.63) is 58.7 Å². The molecule has 3 aromatic rings. The molecule has 2 heterocycles. The highest BCUT2D eigenvalue weighted by Crippen LogP contribution is 2.30. The van der Waals surface area contributed by atoms with Gasteiger partial charge in [-0.2, -0.15) is 0 Å². The van der Waals surface area contributed by atoms with Crippen molar-refractivity contribution in [1.29, 1.82) is 0 Å². The molecule has 0 aliphatic heterocycles. The molecule has 1 aromatic carbocycles. The zero-order chi connectivity index (χ0) is 16.6. The smallest absolute Gasteiger partial charge is 0.142 e. The summed E-state index contributed by atoms with van der Waals surface area (Å²) in [5.41, 5.74) is 10.9. The lowest BCUT2D eigenvalue weighted by molar-refractivity contribution is 0.353. The fraction of sp³-hybridized carbons (Fsp3) is 0.167. The summed E-state index contributed by atoms with van der Waals surface area (Å²) < 4.78 is 8.50. The van der Waals surface area contributed by atoms with Crippen LogP contribution in [0.3, 0.4) is 0 Å². The molecule has 0 saturated heterocycles. The summed E-state index contributed by atoms with van der Waals surface area (Å²) in [6.45, 7) is 8.30. The molecule has 118 valence electrons. The fourth-order valence-corrected chi connectivity index (χ4v) is 2.96. The molecule has 0 aliphatic carbocycles. The SMILES string of the molecule is C=C(C)COc1ccc(-c2nc3c(C)cc(Br)cn3c2N)cc1. The molecule has 4 nitrogen and oxygen atoms in total. The van der Waals surface area contributed by atoms with E-state index in [1.807, 2.05) is 54.8 Å². The molecular weight excluding hydrogens is 354 g/mol. The van der Waals surface area contributed by atoms with Gasteiger partial charge in [0.1, 0.15) is 29.5 Å². The quantitative estimate of drug-likeness (QED) is 0.681. The van der Waals surface area contributed by atoms with Crippen LogP contribution in [-0.4, -0.2) is 16.0 Å². The van der Waals surface area contributed by atoms with Crippen molar-refractivity contribution in [2.45, 2.75) is 13.8 Å². The first kappa shape index (κ1) is 15.6. The van der Waals surface area contributed by atoms with Crippen molar-refractivity contribution >= 4 is 27.4 Å². The Hall–Kier alpha value is -2.27. The van der Waals surface area contributed by atoms with Crippen LogP contribution in [0.15, 0.2) is 53.2 Å². The van der Waals surface area contributed by atoms with Crippen LogP contribution in [0.25, 0.3) is 16.9 Å². The summed E-state index contributed by atoms with van der Waals surface area (Å²) >= 11 is 3.49. The van der Waals surface area contributed by atoms with E-state index < -0.39 is 0 Å². The molecule has 0 fully saturated rings. The van der Waals surface area contributed by atoms with Crippen molar-refractivity contribution in [2.75, 3.05) is 12.3 Å². The molecule has 0 spiro atoms. The van der Waals surface area contributed by atoms with Gasteiger partial charge in [0.2, 0.25) is 0 Å². The van der Waals surface area contributed by atoms with E-state index in [2.05, 4.69) is 27.5 Å². The number of ether oxygens (including phenoxy) is 1. The zero-order valence-corrected chi connectivity index (χ0v) is 14.7. The van der Waals surface area contributed by atoms with Crippen LogP contribution in [0.1, 0.15) is 12.5 Å². The molecule has 2 aromatic heterocycles. The summed E-state index contributed by atoms with van der Waals surface area (Å²) in [6, 6.07) is 9.81. The van der Waals surface area contributed by atoms with E-state index in [0.717, 1.165) is 38.3 Å². The van der Waals surface area contributed by atoms with Gasteiger partial charge in [0.25, 0.3) is 0 Å². The Kier molecular flexibility index (Phi) is 4.13. The number of aryl methyl sites for hydroxylation is 1. The third-order valence-corrected chi connectivity index (χ3v) is 3.95. The number of halogens is 1. The second kappa shape index (κ2) is 6.08. The predicted octanol–water partition coefficient (Wildman–Crippen LogP) is 4.61. The van der Waals surface area contributed by atoms with Crippen LogP contribution in [0.2, 0.25) is 0 Å². The number of aromatic nitrogens is 2. The van der Waals surface area contributed by atoms with Crippen molar-refractivity contribution in [1.82, 2.24) is 9.38 Å².